The van der Waals surface area contributed by atoms with Gasteiger partial charge in [0.05, 0.1) is 19.6 Å². The van der Waals surface area contributed by atoms with E-state index in [0.29, 0.717) is 13.0 Å². The van der Waals surface area contributed by atoms with Crippen molar-refractivity contribution in [1.29, 1.82) is 0 Å². The number of esters is 1. The van der Waals surface area contributed by atoms with Crippen LogP contribution in [0, 0.1) is 6.92 Å². The average Bonchev–Trinajstić information content (AvgIpc) is 2.98. The Morgan fingerprint density at radius 1 is 1.43 bits per heavy atom. The van der Waals surface area contributed by atoms with Crippen LogP contribution in [0.2, 0.25) is 5.02 Å². The molecule has 2 rings (SSSR count). The van der Waals surface area contributed by atoms with Gasteiger partial charge in [0.25, 0.3) is 0 Å². The van der Waals surface area contributed by atoms with Crippen LogP contribution in [0.1, 0.15) is 28.5 Å². The molecule has 1 aromatic carbocycles. The van der Waals surface area contributed by atoms with Gasteiger partial charge in [-0.15, -0.1) is 11.3 Å². The molecule has 5 heteroatoms. The van der Waals surface area contributed by atoms with Crippen molar-refractivity contribution in [2.75, 3.05) is 7.11 Å². The van der Waals surface area contributed by atoms with Crippen molar-refractivity contribution >= 4 is 28.9 Å². The summed E-state index contributed by atoms with van der Waals surface area (Å²) in [5.41, 5.74) is 2.31. The lowest BCUT2D eigenvalue weighted by Crippen LogP contribution is -2.23. The summed E-state index contributed by atoms with van der Waals surface area (Å²) in [5, 5.41) is 6.18. The Hall–Kier alpha value is -1.36. The molecule has 0 aliphatic carbocycles. The van der Waals surface area contributed by atoms with E-state index in [1.54, 1.807) is 11.3 Å². The van der Waals surface area contributed by atoms with E-state index in [-0.39, 0.29) is 12.0 Å². The Balaban J connectivity index is 2.06. The van der Waals surface area contributed by atoms with Crippen LogP contribution >= 0.6 is 22.9 Å². The Morgan fingerprint density at radius 2 is 2.24 bits per heavy atom. The van der Waals surface area contributed by atoms with Crippen LogP contribution in [-0.2, 0) is 16.1 Å². The topological polar surface area (TPSA) is 38.3 Å². The summed E-state index contributed by atoms with van der Waals surface area (Å²) < 4.78 is 4.78. The van der Waals surface area contributed by atoms with Crippen molar-refractivity contribution in [3.63, 3.8) is 0 Å². The van der Waals surface area contributed by atoms with E-state index in [2.05, 4.69) is 5.32 Å². The minimum Gasteiger partial charge on any atom is -0.469 e. The molecule has 0 fully saturated rings. The molecular formula is C16H18ClNO2S. The number of benzene rings is 1. The highest BCUT2D eigenvalue weighted by atomic mass is 35.5. The zero-order chi connectivity index (χ0) is 15.2. The third-order valence-corrected chi connectivity index (χ3v) is 4.55. The van der Waals surface area contributed by atoms with Crippen molar-refractivity contribution in [3.8, 4) is 0 Å². The zero-order valence-corrected chi connectivity index (χ0v) is 13.6. The Morgan fingerprint density at radius 3 is 2.86 bits per heavy atom. The summed E-state index contributed by atoms with van der Waals surface area (Å²) in [7, 11) is 1.41. The predicted molar refractivity (Wildman–Crippen MR) is 86.7 cm³/mol. The second kappa shape index (κ2) is 7.59. The fourth-order valence-electron chi connectivity index (χ4n) is 2.10. The van der Waals surface area contributed by atoms with Gasteiger partial charge in [-0.3, -0.25) is 4.79 Å². The average molecular weight is 324 g/mol. The minimum atomic E-state index is -0.214. The highest BCUT2D eigenvalue weighted by Gasteiger charge is 2.17. The van der Waals surface area contributed by atoms with Crippen LogP contribution in [0.5, 0.6) is 0 Å². The number of carbonyl (C=O) groups excluding carboxylic acids is 1. The lowest BCUT2D eigenvalue weighted by atomic mass is 10.1. The fourth-order valence-corrected chi connectivity index (χ4v) is 3.13. The van der Waals surface area contributed by atoms with E-state index >= 15 is 0 Å². The third kappa shape index (κ3) is 4.56. The van der Waals surface area contributed by atoms with Gasteiger partial charge in [-0.1, -0.05) is 23.7 Å². The molecule has 1 atom stereocenters. The molecule has 112 valence electrons. The Kier molecular flexibility index (Phi) is 5.79. The van der Waals surface area contributed by atoms with Crippen LogP contribution in [0.15, 0.2) is 35.7 Å². The van der Waals surface area contributed by atoms with Gasteiger partial charge in [0.15, 0.2) is 0 Å². The number of ether oxygens (including phenoxy) is 1. The summed E-state index contributed by atoms with van der Waals surface area (Å²) in [4.78, 5) is 12.7. The number of hydrogen-bond donors (Lipinski definition) is 1. The lowest BCUT2D eigenvalue weighted by molar-refractivity contribution is -0.141. The number of methoxy groups -OCH3 is 1. The smallest absolute Gasteiger partial charge is 0.307 e. The van der Waals surface area contributed by atoms with E-state index in [1.807, 2.05) is 42.6 Å². The normalized spacial score (nSPS) is 12.1. The summed E-state index contributed by atoms with van der Waals surface area (Å²) >= 11 is 7.60. The monoisotopic (exact) mass is 323 g/mol. The molecule has 1 heterocycles. The zero-order valence-electron chi connectivity index (χ0n) is 12.1. The minimum absolute atomic E-state index is 0.0347. The van der Waals surface area contributed by atoms with Gasteiger partial charge in [-0.2, -0.15) is 0 Å². The largest absolute Gasteiger partial charge is 0.469 e. The van der Waals surface area contributed by atoms with Crippen LogP contribution in [0.3, 0.4) is 0 Å². The standard InChI is InChI=1S/C16H18ClNO2S/c1-11-8-13(17)6-5-12(11)10-18-14(9-16(19)20-2)15-4-3-7-21-15/h3-8,14,18H,9-10H2,1-2H3. The third-order valence-electron chi connectivity index (χ3n) is 3.33. The number of halogens is 1. The first-order valence-corrected chi connectivity index (χ1v) is 7.94. The molecular weight excluding hydrogens is 306 g/mol. The van der Waals surface area contributed by atoms with Crippen LogP contribution < -0.4 is 5.32 Å². The molecule has 0 aliphatic heterocycles. The Labute approximate surface area is 133 Å². The number of nitrogens with one attached hydrogen (secondary N) is 1. The van der Waals surface area contributed by atoms with Crippen LogP contribution in [0.25, 0.3) is 0 Å². The maximum Gasteiger partial charge on any atom is 0.307 e. The first-order chi connectivity index (χ1) is 10.1. The van der Waals surface area contributed by atoms with Crippen molar-refractivity contribution in [2.45, 2.75) is 25.9 Å². The highest BCUT2D eigenvalue weighted by molar-refractivity contribution is 7.10. The number of carbonyl (C=O) groups is 1. The molecule has 0 aliphatic rings. The summed E-state index contributed by atoms with van der Waals surface area (Å²) in [6.07, 6.45) is 0.323. The quantitative estimate of drug-likeness (QED) is 0.813. The van der Waals surface area contributed by atoms with Crippen molar-refractivity contribution in [3.05, 3.63) is 56.7 Å². The lowest BCUT2D eigenvalue weighted by Gasteiger charge is -2.17. The molecule has 0 radical (unpaired) electrons. The molecule has 0 bridgehead atoms. The number of thiophene rings is 1. The molecule has 1 N–H and O–H groups in total. The highest BCUT2D eigenvalue weighted by Crippen LogP contribution is 2.23. The molecule has 0 amide bonds. The van der Waals surface area contributed by atoms with E-state index < -0.39 is 0 Å². The van der Waals surface area contributed by atoms with E-state index in [4.69, 9.17) is 16.3 Å². The second-order valence-corrected chi connectivity index (χ2v) is 6.22. The van der Waals surface area contributed by atoms with Gasteiger partial charge < -0.3 is 10.1 Å². The molecule has 0 spiro atoms. The molecule has 3 nitrogen and oxygen atoms in total. The van der Waals surface area contributed by atoms with Gasteiger partial charge in [-0.05, 0) is 41.6 Å². The van der Waals surface area contributed by atoms with Gasteiger partial charge in [0.2, 0.25) is 0 Å². The molecule has 2 aromatic rings. The number of hydrogen-bond acceptors (Lipinski definition) is 4. The first kappa shape index (κ1) is 16.0. The van der Waals surface area contributed by atoms with Crippen molar-refractivity contribution in [1.82, 2.24) is 5.32 Å². The second-order valence-electron chi connectivity index (χ2n) is 4.80. The van der Waals surface area contributed by atoms with Crippen molar-refractivity contribution in [2.24, 2.45) is 0 Å². The van der Waals surface area contributed by atoms with E-state index in [9.17, 15) is 4.79 Å². The SMILES string of the molecule is COC(=O)CC(NCc1ccc(Cl)cc1C)c1cccs1. The molecule has 21 heavy (non-hydrogen) atoms. The van der Waals surface area contributed by atoms with Gasteiger partial charge in [0, 0.05) is 16.4 Å². The summed E-state index contributed by atoms with van der Waals surface area (Å²) in [5.74, 6) is -0.214. The predicted octanol–water partition coefficient (Wildman–Crippen LogP) is 4.10. The van der Waals surface area contributed by atoms with Gasteiger partial charge >= 0.3 is 5.97 Å². The first-order valence-electron chi connectivity index (χ1n) is 6.68. The maximum absolute atomic E-state index is 11.6. The van der Waals surface area contributed by atoms with Gasteiger partial charge in [0.1, 0.15) is 0 Å². The molecule has 1 aromatic heterocycles. The maximum atomic E-state index is 11.6. The summed E-state index contributed by atoms with van der Waals surface area (Å²) in [6, 6.07) is 9.81. The number of aryl methyl sites for hydroxylation is 1. The molecule has 1 unspecified atom stereocenters. The van der Waals surface area contributed by atoms with Crippen LogP contribution in [0.4, 0.5) is 0 Å². The van der Waals surface area contributed by atoms with Gasteiger partial charge in [-0.25, -0.2) is 0 Å². The fraction of sp³-hybridized carbons (Fsp3) is 0.312. The molecule has 0 saturated carbocycles. The molecule has 0 saturated heterocycles. The van der Waals surface area contributed by atoms with Crippen LogP contribution in [-0.4, -0.2) is 13.1 Å². The van der Waals surface area contributed by atoms with E-state index in [0.717, 1.165) is 15.5 Å². The number of rotatable bonds is 6. The van der Waals surface area contributed by atoms with E-state index in [1.165, 1.54) is 12.7 Å². The Bertz CT molecular complexity index is 598. The summed E-state index contributed by atoms with van der Waals surface area (Å²) in [6.45, 7) is 2.71. The van der Waals surface area contributed by atoms with Crippen molar-refractivity contribution < 1.29 is 9.53 Å².